The van der Waals surface area contributed by atoms with Gasteiger partial charge in [0.2, 0.25) is 0 Å². The number of rotatable bonds is 3. The van der Waals surface area contributed by atoms with Crippen LogP contribution in [-0.4, -0.2) is 14.8 Å². The number of hydrogen-bond donors (Lipinski definition) is 0. The molecule has 0 bridgehead atoms. The molecule has 3 nitrogen and oxygen atoms in total. The maximum atomic E-state index is 5.83. The highest BCUT2D eigenvalue weighted by atomic mass is 35.5. The molecule has 1 aromatic rings. The smallest absolute Gasteiger partial charge is 0.148 e. The average Bonchev–Trinajstić information content (AvgIpc) is 2.46. The third-order valence-electron chi connectivity index (χ3n) is 2.35. The summed E-state index contributed by atoms with van der Waals surface area (Å²) in [6.45, 7) is 11.1. The maximum absolute atomic E-state index is 5.83. The Morgan fingerprint density at radius 3 is 2.33 bits per heavy atom. The van der Waals surface area contributed by atoms with Crippen LogP contribution in [0.1, 0.15) is 46.9 Å². The summed E-state index contributed by atoms with van der Waals surface area (Å²) in [6.07, 6.45) is 2.82. The van der Waals surface area contributed by atoms with E-state index in [0.29, 0.717) is 5.88 Å². The topological polar surface area (TPSA) is 30.7 Å². The molecule has 0 amide bonds. The molecule has 0 saturated carbocycles. The molecule has 0 aromatic carbocycles. The molecule has 0 atom stereocenters. The number of halogens is 1. The van der Waals surface area contributed by atoms with E-state index in [1.807, 2.05) is 0 Å². The quantitative estimate of drug-likeness (QED) is 0.746. The van der Waals surface area contributed by atoms with E-state index in [2.05, 4.69) is 49.4 Å². The highest BCUT2D eigenvalue weighted by Crippen LogP contribution is 2.32. The standard InChI is InChI=1S/C11H20ClN3/c1-10(2,3)7-11(4,5)15-8-13-14-9(15)6-12/h8H,6-7H2,1-5H3. The normalized spacial score (nSPS) is 13.2. The van der Waals surface area contributed by atoms with Crippen molar-refractivity contribution in [2.24, 2.45) is 5.41 Å². The van der Waals surface area contributed by atoms with Gasteiger partial charge in [-0.05, 0) is 25.7 Å². The van der Waals surface area contributed by atoms with Crippen molar-refractivity contribution in [3.63, 3.8) is 0 Å². The molecule has 0 aliphatic carbocycles. The maximum Gasteiger partial charge on any atom is 0.148 e. The number of aromatic nitrogens is 3. The van der Waals surface area contributed by atoms with Crippen molar-refractivity contribution in [1.82, 2.24) is 14.8 Å². The molecule has 4 heteroatoms. The van der Waals surface area contributed by atoms with Crippen molar-refractivity contribution < 1.29 is 0 Å². The fourth-order valence-corrected chi connectivity index (χ4v) is 2.42. The lowest BCUT2D eigenvalue weighted by molar-refractivity contribution is 0.211. The zero-order valence-corrected chi connectivity index (χ0v) is 11.0. The summed E-state index contributed by atoms with van der Waals surface area (Å²) in [5.41, 5.74) is 0.281. The molecule has 1 heterocycles. The van der Waals surface area contributed by atoms with Crippen molar-refractivity contribution in [3.8, 4) is 0 Å². The zero-order chi connectivity index (χ0) is 11.7. The van der Waals surface area contributed by atoms with Gasteiger partial charge in [0.25, 0.3) is 0 Å². The molecule has 0 saturated heterocycles. The van der Waals surface area contributed by atoms with Crippen molar-refractivity contribution in [1.29, 1.82) is 0 Å². The SMILES string of the molecule is CC(C)(C)CC(C)(C)n1cnnc1CCl. The predicted molar refractivity (Wildman–Crippen MR) is 63.0 cm³/mol. The summed E-state index contributed by atoms with van der Waals surface area (Å²) >= 11 is 5.83. The third kappa shape index (κ3) is 3.20. The predicted octanol–water partition coefficient (Wildman–Crippen LogP) is 3.19. The van der Waals surface area contributed by atoms with Gasteiger partial charge in [0, 0.05) is 5.54 Å². The van der Waals surface area contributed by atoms with Gasteiger partial charge in [-0.15, -0.1) is 21.8 Å². The molecule has 1 aromatic heterocycles. The molecule has 0 aliphatic heterocycles. The van der Waals surface area contributed by atoms with E-state index < -0.39 is 0 Å². The minimum atomic E-state index is 0.00593. The van der Waals surface area contributed by atoms with Crippen molar-refractivity contribution in [2.75, 3.05) is 0 Å². The molecule has 0 aliphatic rings. The molecule has 86 valence electrons. The summed E-state index contributed by atoms with van der Waals surface area (Å²) in [5.74, 6) is 1.25. The van der Waals surface area contributed by atoms with Gasteiger partial charge in [-0.1, -0.05) is 20.8 Å². The Bertz CT molecular complexity index is 323. The van der Waals surface area contributed by atoms with E-state index in [-0.39, 0.29) is 11.0 Å². The molecular weight excluding hydrogens is 210 g/mol. The highest BCUT2D eigenvalue weighted by molar-refractivity contribution is 6.16. The zero-order valence-electron chi connectivity index (χ0n) is 10.2. The first-order valence-corrected chi connectivity index (χ1v) is 5.75. The first-order valence-electron chi connectivity index (χ1n) is 5.22. The van der Waals surface area contributed by atoms with Crippen LogP contribution >= 0.6 is 11.6 Å². The van der Waals surface area contributed by atoms with Gasteiger partial charge in [-0.2, -0.15) is 0 Å². The summed E-state index contributed by atoms with van der Waals surface area (Å²) in [6, 6.07) is 0. The number of hydrogen-bond acceptors (Lipinski definition) is 2. The first-order chi connectivity index (χ1) is 6.76. The largest absolute Gasteiger partial charge is 0.311 e. The van der Waals surface area contributed by atoms with Crippen LogP contribution < -0.4 is 0 Å². The van der Waals surface area contributed by atoms with Crippen LogP contribution in [0.15, 0.2) is 6.33 Å². The van der Waals surface area contributed by atoms with Crippen LogP contribution in [0.3, 0.4) is 0 Å². The molecule has 0 fully saturated rings. The Hall–Kier alpha value is -0.570. The van der Waals surface area contributed by atoms with Gasteiger partial charge in [0.1, 0.15) is 12.2 Å². The van der Waals surface area contributed by atoms with Gasteiger partial charge in [0.05, 0.1) is 5.88 Å². The first kappa shape index (κ1) is 12.5. The molecule has 0 radical (unpaired) electrons. The highest BCUT2D eigenvalue weighted by Gasteiger charge is 2.28. The number of nitrogens with zero attached hydrogens (tertiary/aromatic N) is 3. The minimum absolute atomic E-state index is 0.00593. The molecule has 1 rings (SSSR count). The second kappa shape index (κ2) is 4.12. The van der Waals surface area contributed by atoms with Gasteiger partial charge < -0.3 is 4.57 Å². The Morgan fingerprint density at radius 1 is 1.27 bits per heavy atom. The second-order valence-corrected chi connectivity index (χ2v) is 6.07. The van der Waals surface area contributed by atoms with Crippen LogP contribution in [0, 0.1) is 5.41 Å². The van der Waals surface area contributed by atoms with Crippen LogP contribution in [-0.2, 0) is 11.4 Å². The van der Waals surface area contributed by atoms with Crippen LogP contribution in [0.4, 0.5) is 0 Å². The van der Waals surface area contributed by atoms with Crippen molar-refractivity contribution >= 4 is 11.6 Å². The summed E-state index contributed by atoms with van der Waals surface area (Å²) < 4.78 is 2.07. The Balaban J connectivity index is 2.95. The Labute approximate surface area is 96.8 Å². The lowest BCUT2D eigenvalue weighted by atomic mass is 9.81. The summed E-state index contributed by atoms with van der Waals surface area (Å²) in [7, 11) is 0. The van der Waals surface area contributed by atoms with E-state index in [1.165, 1.54) is 0 Å². The van der Waals surface area contributed by atoms with Gasteiger partial charge >= 0.3 is 0 Å². The molecule has 0 spiro atoms. The fraction of sp³-hybridized carbons (Fsp3) is 0.818. The Morgan fingerprint density at radius 2 is 1.87 bits per heavy atom. The lowest BCUT2D eigenvalue weighted by Crippen LogP contribution is -2.32. The fourth-order valence-electron chi connectivity index (χ4n) is 2.24. The molecular formula is C11H20ClN3. The second-order valence-electron chi connectivity index (χ2n) is 5.80. The monoisotopic (exact) mass is 229 g/mol. The van der Waals surface area contributed by atoms with E-state index in [9.17, 15) is 0 Å². The van der Waals surface area contributed by atoms with Crippen LogP contribution in [0.5, 0.6) is 0 Å². The summed E-state index contributed by atoms with van der Waals surface area (Å²) in [5, 5.41) is 7.93. The van der Waals surface area contributed by atoms with Crippen LogP contribution in [0.25, 0.3) is 0 Å². The Kier molecular flexibility index (Phi) is 3.44. The molecule has 15 heavy (non-hydrogen) atoms. The molecule has 0 N–H and O–H groups in total. The number of alkyl halides is 1. The van der Waals surface area contributed by atoms with E-state index in [1.54, 1.807) is 6.33 Å². The van der Waals surface area contributed by atoms with E-state index in [0.717, 1.165) is 12.2 Å². The van der Waals surface area contributed by atoms with Crippen molar-refractivity contribution in [2.45, 2.75) is 52.5 Å². The minimum Gasteiger partial charge on any atom is -0.311 e. The summed E-state index contributed by atoms with van der Waals surface area (Å²) in [4.78, 5) is 0. The van der Waals surface area contributed by atoms with Gasteiger partial charge in [-0.3, -0.25) is 0 Å². The van der Waals surface area contributed by atoms with Crippen LogP contribution in [0.2, 0.25) is 0 Å². The average molecular weight is 230 g/mol. The van der Waals surface area contributed by atoms with E-state index in [4.69, 9.17) is 11.6 Å². The van der Waals surface area contributed by atoms with E-state index >= 15 is 0 Å². The van der Waals surface area contributed by atoms with Gasteiger partial charge in [0.15, 0.2) is 0 Å². The molecule has 0 unspecified atom stereocenters. The lowest BCUT2D eigenvalue weighted by Gasteiger charge is -2.34. The van der Waals surface area contributed by atoms with Gasteiger partial charge in [-0.25, -0.2) is 0 Å². The van der Waals surface area contributed by atoms with Crippen molar-refractivity contribution in [3.05, 3.63) is 12.2 Å². The third-order valence-corrected chi connectivity index (χ3v) is 2.59.